The van der Waals surface area contributed by atoms with Gasteiger partial charge in [-0.15, -0.1) is 10.2 Å². The summed E-state index contributed by atoms with van der Waals surface area (Å²) in [6.07, 6.45) is 2.56. The highest BCUT2D eigenvalue weighted by Gasteiger charge is 2.14. The summed E-state index contributed by atoms with van der Waals surface area (Å²) in [4.78, 5) is 11.9. The number of hydrogen-bond donors (Lipinski definition) is 1. The van der Waals surface area contributed by atoms with Gasteiger partial charge < -0.3 is 14.6 Å². The molecule has 25 heavy (non-hydrogen) atoms. The molecule has 2 rings (SSSR count). The van der Waals surface area contributed by atoms with Crippen molar-refractivity contribution in [3.63, 3.8) is 0 Å². The summed E-state index contributed by atoms with van der Waals surface area (Å²) in [7, 11) is 1.66. The molecule has 7 heteroatoms. The van der Waals surface area contributed by atoms with E-state index in [0.29, 0.717) is 18.9 Å². The highest BCUT2D eigenvalue weighted by molar-refractivity contribution is 7.99. The monoisotopic (exact) mass is 362 g/mol. The summed E-state index contributed by atoms with van der Waals surface area (Å²) in [5.41, 5.74) is 1.21. The third-order valence-electron chi connectivity index (χ3n) is 3.63. The van der Waals surface area contributed by atoms with E-state index in [1.807, 2.05) is 18.2 Å². The fraction of sp³-hybridized carbons (Fsp3) is 0.500. The van der Waals surface area contributed by atoms with Crippen LogP contribution in [-0.4, -0.2) is 46.7 Å². The van der Waals surface area contributed by atoms with Crippen LogP contribution in [0.5, 0.6) is 0 Å². The van der Waals surface area contributed by atoms with Crippen molar-refractivity contribution in [3.8, 4) is 0 Å². The molecule has 0 atom stereocenters. The van der Waals surface area contributed by atoms with E-state index in [1.54, 1.807) is 7.11 Å². The third kappa shape index (κ3) is 6.51. The lowest BCUT2D eigenvalue weighted by molar-refractivity contribution is -0.118. The normalized spacial score (nSPS) is 10.8. The maximum Gasteiger partial charge on any atom is 0.230 e. The molecule has 0 saturated heterocycles. The Morgan fingerprint density at radius 1 is 1.28 bits per heavy atom. The molecule has 0 aliphatic heterocycles. The maximum absolute atomic E-state index is 11.9. The molecule has 1 N–H and O–H groups in total. The number of ether oxygens (including phenoxy) is 1. The first-order chi connectivity index (χ1) is 12.2. The molecule has 0 bridgehead atoms. The minimum atomic E-state index is 0.0109. The predicted octanol–water partition coefficient (Wildman–Crippen LogP) is 2.52. The van der Waals surface area contributed by atoms with Gasteiger partial charge in [0.25, 0.3) is 0 Å². The van der Waals surface area contributed by atoms with Crippen LogP contribution >= 0.6 is 11.8 Å². The van der Waals surface area contributed by atoms with Crippen LogP contribution in [0.4, 0.5) is 0 Å². The Kier molecular flexibility index (Phi) is 8.48. The standard InChI is InChI=1S/C18H26N4O2S/c1-3-11-22-16(13-15-8-5-4-6-9-15)20-21-18(22)25-14-17(23)19-10-7-12-24-2/h4-6,8-9H,3,7,10-14H2,1-2H3,(H,19,23). The Hall–Kier alpha value is -1.86. The smallest absolute Gasteiger partial charge is 0.230 e. The second-order valence-electron chi connectivity index (χ2n) is 5.70. The van der Waals surface area contributed by atoms with Crippen molar-refractivity contribution >= 4 is 17.7 Å². The number of nitrogens with zero attached hydrogens (tertiary/aromatic N) is 3. The summed E-state index contributed by atoms with van der Waals surface area (Å²) in [6, 6.07) is 10.2. The van der Waals surface area contributed by atoms with Crippen LogP contribution in [0.2, 0.25) is 0 Å². The minimum absolute atomic E-state index is 0.0109. The van der Waals surface area contributed by atoms with Crippen LogP contribution in [-0.2, 0) is 22.5 Å². The molecule has 0 aliphatic carbocycles. The van der Waals surface area contributed by atoms with E-state index in [1.165, 1.54) is 17.3 Å². The molecule has 0 spiro atoms. The lowest BCUT2D eigenvalue weighted by Gasteiger charge is -2.09. The highest BCUT2D eigenvalue weighted by Crippen LogP contribution is 2.19. The molecule has 1 heterocycles. The van der Waals surface area contributed by atoms with Gasteiger partial charge in [0.2, 0.25) is 5.91 Å². The Balaban J connectivity index is 1.92. The lowest BCUT2D eigenvalue weighted by Crippen LogP contribution is -2.27. The molecule has 0 radical (unpaired) electrons. The van der Waals surface area contributed by atoms with Gasteiger partial charge >= 0.3 is 0 Å². The zero-order valence-electron chi connectivity index (χ0n) is 14.9. The quantitative estimate of drug-likeness (QED) is 0.491. The summed E-state index contributed by atoms with van der Waals surface area (Å²) in [5, 5.41) is 12.3. The second-order valence-corrected chi connectivity index (χ2v) is 6.64. The fourth-order valence-electron chi connectivity index (χ4n) is 2.41. The van der Waals surface area contributed by atoms with Crippen LogP contribution in [0, 0.1) is 0 Å². The first kappa shape index (κ1) is 19.5. The molecule has 136 valence electrons. The summed E-state index contributed by atoms with van der Waals surface area (Å²) >= 11 is 1.44. The van der Waals surface area contributed by atoms with Crippen molar-refractivity contribution in [2.24, 2.45) is 0 Å². The van der Waals surface area contributed by atoms with E-state index >= 15 is 0 Å². The number of benzene rings is 1. The van der Waals surface area contributed by atoms with E-state index in [0.717, 1.165) is 36.8 Å². The van der Waals surface area contributed by atoms with Crippen molar-refractivity contribution in [1.82, 2.24) is 20.1 Å². The van der Waals surface area contributed by atoms with Gasteiger partial charge in [0.1, 0.15) is 5.82 Å². The van der Waals surface area contributed by atoms with Crippen molar-refractivity contribution in [2.45, 2.75) is 37.9 Å². The van der Waals surface area contributed by atoms with Crippen molar-refractivity contribution in [2.75, 3.05) is 26.0 Å². The van der Waals surface area contributed by atoms with Gasteiger partial charge in [-0.05, 0) is 18.4 Å². The molecule has 0 unspecified atom stereocenters. The third-order valence-corrected chi connectivity index (χ3v) is 4.59. The van der Waals surface area contributed by atoms with Crippen LogP contribution in [0.1, 0.15) is 31.2 Å². The summed E-state index contributed by atoms with van der Waals surface area (Å²) in [6.45, 7) is 4.27. The van der Waals surface area contributed by atoms with Gasteiger partial charge in [0, 0.05) is 33.2 Å². The summed E-state index contributed by atoms with van der Waals surface area (Å²) < 4.78 is 7.09. The van der Waals surface area contributed by atoms with Crippen LogP contribution in [0.3, 0.4) is 0 Å². The van der Waals surface area contributed by atoms with Crippen LogP contribution in [0.25, 0.3) is 0 Å². The largest absolute Gasteiger partial charge is 0.385 e. The number of rotatable bonds is 11. The molecule has 1 aromatic heterocycles. The van der Waals surface area contributed by atoms with Crippen LogP contribution in [0.15, 0.2) is 35.5 Å². The summed E-state index contributed by atoms with van der Waals surface area (Å²) in [5.74, 6) is 1.30. The predicted molar refractivity (Wildman–Crippen MR) is 99.8 cm³/mol. The molecule has 1 amide bonds. The Morgan fingerprint density at radius 2 is 2.08 bits per heavy atom. The average molecular weight is 362 g/mol. The van der Waals surface area contributed by atoms with E-state index in [2.05, 4.69) is 39.1 Å². The molecule has 0 fully saturated rings. The number of aromatic nitrogens is 3. The second kappa shape index (κ2) is 10.9. The average Bonchev–Trinajstić information content (AvgIpc) is 3.00. The molecular weight excluding hydrogens is 336 g/mol. The molecule has 6 nitrogen and oxygen atoms in total. The maximum atomic E-state index is 11.9. The van der Waals surface area contributed by atoms with Crippen molar-refractivity contribution in [3.05, 3.63) is 41.7 Å². The topological polar surface area (TPSA) is 69.0 Å². The van der Waals surface area contributed by atoms with Crippen molar-refractivity contribution < 1.29 is 9.53 Å². The number of thioether (sulfide) groups is 1. The fourth-order valence-corrected chi connectivity index (χ4v) is 3.22. The Labute approximate surface area is 153 Å². The molecular formula is C18H26N4O2S. The van der Waals surface area contributed by atoms with Crippen LogP contribution < -0.4 is 5.32 Å². The van der Waals surface area contributed by atoms with Gasteiger partial charge in [-0.25, -0.2) is 0 Å². The van der Waals surface area contributed by atoms with E-state index < -0.39 is 0 Å². The number of amides is 1. The number of hydrogen-bond acceptors (Lipinski definition) is 5. The number of carbonyl (C=O) groups excluding carboxylic acids is 1. The van der Waals surface area contributed by atoms with E-state index in [-0.39, 0.29) is 5.91 Å². The first-order valence-electron chi connectivity index (χ1n) is 8.59. The number of carbonyl (C=O) groups is 1. The van der Waals surface area contributed by atoms with Gasteiger partial charge in [-0.3, -0.25) is 4.79 Å². The highest BCUT2D eigenvalue weighted by atomic mass is 32.2. The molecule has 0 saturated carbocycles. The Morgan fingerprint density at radius 3 is 2.80 bits per heavy atom. The molecule has 1 aromatic carbocycles. The zero-order valence-corrected chi connectivity index (χ0v) is 15.7. The number of nitrogens with one attached hydrogen (secondary N) is 1. The zero-order chi connectivity index (χ0) is 17.9. The lowest BCUT2D eigenvalue weighted by atomic mass is 10.1. The van der Waals surface area contributed by atoms with Crippen molar-refractivity contribution in [1.29, 1.82) is 0 Å². The van der Waals surface area contributed by atoms with Gasteiger partial charge in [-0.1, -0.05) is 49.0 Å². The van der Waals surface area contributed by atoms with E-state index in [4.69, 9.17) is 4.74 Å². The Bertz CT molecular complexity index is 646. The minimum Gasteiger partial charge on any atom is -0.385 e. The SMILES string of the molecule is CCCn1c(Cc2ccccc2)nnc1SCC(=O)NCCCOC. The number of methoxy groups -OCH3 is 1. The van der Waals surface area contributed by atoms with Gasteiger partial charge in [0.15, 0.2) is 5.16 Å². The first-order valence-corrected chi connectivity index (χ1v) is 9.57. The van der Waals surface area contributed by atoms with E-state index in [9.17, 15) is 4.79 Å². The van der Waals surface area contributed by atoms with Gasteiger partial charge in [-0.2, -0.15) is 0 Å². The molecule has 0 aliphatic rings. The van der Waals surface area contributed by atoms with Gasteiger partial charge in [0.05, 0.1) is 5.75 Å². The molecule has 2 aromatic rings.